The Bertz CT molecular complexity index is 2830. The van der Waals surface area contributed by atoms with Crippen LogP contribution in [0, 0.1) is 0 Å². The van der Waals surface area contributed by atoms with Crippen LogP contribution in [0.2, 0.25) is 0 Å². The molecule has 5 unspecified atom stereocenters. The number of phosphoric acid groups is 2. The number of allylic oxidation sites excluding steroid dienone is 26. The zero-order valence-electron chi connectivity index (χ0n) is 76.9. The van der Waals surface area contributed by atoms with Gasteiger partial charge in [0.15, 0.2) is 6.10 Å². The van der Waals surface area contributed by atoms with Crippen molar-refractivity contribution >= 4 is 33.6 Å². The number of carbonyl (C=O) groups excluding carboxylic acids is 3. The van der Waals surface area contributed by atoms with Gasteiger partial charge in [-0.2, -0.15) is 0 Å². The maximum atomic E-state index is 13.1. The number of aliphatic hydroxyl groups excluding tert-OH is 2. The molecule has 0 bridgehead atoms. The minimum atomic E-state index is -4.95. The molecule has 5 atom stereocenters. The number of hydrogen-bond acceptors (Lipinski definition) is 14. The zero-order chi connectivity index (χ0) is 87.9. The van der Waals surface area contributed by atoms with Crippen molar-refractivity contribution in [3.8, 4) is 0 Å². The van der Waals surface area contributed by atoms with E-state index in [1.807, 2.05) is 0 Å². The van der Waals surface area contributed by atoms with E-state index < -0.39 is 91.5 Å². The van der Waals surface area contributed by atoms with Gasteiger partial charge in [0.1, 0.15) is 25.4 Å². The summed E-state index contributed by atoms with van der Waals surface area (Å²) in [6, 6.07) is 0. The van der Waals surface area contributed by atoms with Crippen LogP contribution in [0.15, 0.2) is 158 Å². The van der Waals surface area contributed by atoms with Crippen molar-refractivity contribution in [3.05, 3.63) is 158 Å². The number of carbonyl (C=O) groups is 3. The second-order valence-corrected chi connectivity index (χ2v) is 35.4. The van der Waals surface area contributed by atoms with E-state index in [1.165, 1.54) is 205 Å². The number of aliphatic hydroxyl groups is 2. The molecule has 0 radical (unpaired) electrons. The highest BCUT2D eigenvalue weighted by Gasteiger charge is 2.30. The lowest BCUT2D eigenvalue weighted by Crippen LogP contribution is -2.30. The van der Waals surface area contributed by atoms with Gasteiger partial charge in [-0.3, -0.25) is 32.5 Å². The summed E-state index contributed by atoms with van der Waals surface area (Å²) in [5, 5.41) is 20.8. The van der Waals surface area contributed by atoms with E-state index in [9.17, 15) is 43.5 Å². The highest BCUT2D eigenvalue weighted by atomic mass is 31.2. The number of rotatable bonds is 92. The first-order valence-electron chi connectivity index (χ1n) is 48.8. The van der Waals surface area contributed by atoms with Gasteiger partial charge in [-0.1, -0.05) is 410 Å². The predicted octanol–water partition coefficient (Wildman–Crippen LogP) is 30.5. The van der Waals surface area contributed by atoms with Crippen LogP contribution in [0.1, 0.15) is 419 Å². The number of phosphoric ester groups is 2. The maximum Gasteiger partial charge on any atom is 0.472 e. The first-order chi connectivity index (χ1) is 59.2. The van der Waals surface area contributed by atoms with Gasteiger partial charge in [0.2, 0.25) is 0 Å². The van der Waals surface area contributed by atoms with Gasteiger partial charge < -0.3 is 34.2 Å². The highest BCUT2D eigenvalue weighted by Crippen LogP contribution is 2.45. The lowest BCUT2D eigenvalue weighted by molar-refractivity contribution is -0.161. The monoisotopic (exact) mass is 1730 g/mol. The van der Waals surface area contributed by atoms with Crippen LogP contribution in [-0.2, 0) is 55.8 Å². The van der Waals surface area contributed by atoms with Crippen molar-refractivity contribution in [2.75, 3.05) is 39.6 Å². The van der Waals surface area contributed by atoms with E-state index in [1.54, 1.807) is 0 Å². The SMILES string of the molecule is CC/C=C\C/C=C\C/C=C\C/C=C\C/C=C\CCCCCCCCCCCCCCCCCCCC(=O)OCC(O)COP(=O)(O)OCC(O)COP(=O)(O)OCC(COC(=O)CCCCCCCCCCCCCCCCCCC/C=C\C/C=C\C/C=C\C/C=C\CCCCC)OC(=O)CCCCCCCC/C=C\C/C=C\C/C=C\C/C=C\CC. The summed E-state index contributed by atoms with van der Waals surface area (Å²) < 4.78 is 61.5. The third-order valence-electron chi connectivity index (χ3n) is 20.7. The smallest absolute Gasteiger partial charge is 0.463 e. The lowest BCUT2D eigenvalue weighted by atomic mass is 10.0. The van der Waals surface area contributed by atoms with Crippen LogP contribution in [0.3, 0.4) is 0 Å². The third-order valence-corrected chi connectivity index (χ3v) is 22.6. The topological polar surface area (TPSA) is 231 Å². The van der Waals surface area contributed by atoms with Crippen LogP contribution in [0.25, 0.3) is 0 Å². The summed E-state index contributed by atoms with van der Waals surface area (Å²) in [6.07, 6.45) is 122. The number of esters is 3. The molecule has 0 saturated heterocycles. The molecule has 0 spiro atoms. The average molecular weight is 1730 g/mol. The van der Waals surface area contributed by atoms with Crippen LogP contribution in [-0.4, -0.2) is 95.9 Å². The normalized spacial score (nSPS) is 14.4. The summed E-state index contributed by atoms with van der Waals surface area (Å²) in [7, 11) is -9.81. The van der Waals surface area contributed by atoms with Gasteiger partial charge in [0.25, 0.3) is 0 Å². The molecule has 0 fully saturated rings. The van der Waals surface area contributed by atoms with Gasteiger partial charge in [-0.25, -0.2) is 9.13 Å². The Morgan fingerprint density at radius 3 is 0.694 bits per heavy atom. The highest BCUT2D eigenvalue weighted by molar-refractivity contribution is 7.47. The minimum Gasteiger partial charge on any atom is -0.463 e. The lowest BCUT2D eigenvalue weighted by Gasteiger charge is -2.21. The van der Waals surface area contributed by atoms with Crippen molar-refractivity contribution in [2.24, 2.45) is 0 Å². The molecule has 0 rings (SSSR count). The molecule has 0 saturated carbocycles. The fourth-order valence-electron chi connectivity index (χ4n) is 13.4. The molecule has 0 aliphatic carbocycles. The molecule has 0 aromatic heterocycles. The Balaban J connectivity index is 4.51. The summed E-state index contributed by atoms with van der Waals surface area (Å²) >= 11 is 0. The number of ether oxygens (including phenoxy) is 3. The molecule has 18 heteroatoms. The van der Waals surface area contributed by atoms with Gasteiger partial charge >= 0.3 is 33.6 Å². The predicted molar refractivity (Wildman–Crippen MR) is 509 cm³/mol. The maximum absolute atomic E-state index is 13.1. The molecular formula is C103H178O16P2. The average Bonchev–Trinajstić information content (AvgIpc) is 0.895. The Hall–Kier alpha value is -4.83. The van der Waals surface area contributed by atoms with E-state index in [4.69, 9.17) is 32.3 Å². The van der Waals surface area contributed by atoms with Gasteiger partial charge in [-0.05, 0) is 148 Å². The van der Waals surface area contributed by atoms with Crippen LogP contribution in [0.4, 0.5) is 0 Å². The van der Waals surface area contributed by atoms with E-state index >= 15 is 0 Å². The fraction of sp³-hybridized carbons (Fsp3) is 0.718. The molecule has 121 heavy (non-hydrogen) atoms. The third kappa shape index (κ3) is 95.7. The van der Waals surface area contributed by atoms with E-state index in [0.717, 1.165) is 154 Å². The number of hydrogen-bond donors (Lipinski definition) is 4. The summed E-state index contributed by atoms with van der Waals surface area (Å²) in [6.45, 7) is 2.48. The second kappa shape index (κ2) is 94.3. The van der Waals surface area contributed by atoms with E-state index in [0.29, 0.717) is 19.3 Å². The van der Waals surface area contributed by atoms with Gasteiger partial charge in [0.05, 0.1) is 26.4 Å². The van der Waals surface area contributed by atoms with Crippen molar-refractivity contribution in [1.29, 1.82) is 0 Å². The number of unbranched alkanes of at least 4 members (excludes halogenated alkanes) is 43. The first-order valence-corrected chi connectivity index (χ1v) is 51.8. The summed E-state index contributed by atoms with van der Waals surface area (Å²) in [5.74, 6) is -1.58. The van der Waals surface area contributed by atoms with E-state index in [-0.39, 0.29) is 19.3 Å². The van der Waals surface area contributed by atoms with Crippen molar-refractivity contribution in [1.82, 2.24) is 0 Å². The van der Waals surface area contributed by atoms with Crippen molar-refractivity contribution in [2.45, 2.75) is 437 Å². The Kier molecular flexibility index (Phi) is 90.5. The zero-order valence-corrected chi connectivity index (χ0v) is 78.7. The van der Waals surface area contributed by atoms with Crippen LogP contribution in [0.5, 0.6) is 0 Å². The first kappa shape index (κ1) is 116. The standard InChI is InChI=1S/C103H178O16P2/c1-4-7-10-13-16-19-22-25-28-31-34-36-38-40-42-44-46-48-50-52-54-56-58-60-63-65-68-71-74-77-80-83-86-89-101(106)113-92-98(104)93-115-120(109,110)116-94-99(105)95-117-121(111,112)118-97-100(119-103(108)91-88-85-82-79-76-73-70-67-62-33-30-27-24-21-18-15-12-9-6-3)96-114-102(107)90-87-84-81-78-75-72-69-66-64-61-59-57-55-53-51-49-47-45-43-41-39-37-35-32-29-26-23-20-17-14-11-8-5-2/h7,9-10,12,16-21,25-30,34-37,40-43,62,67,98-100,104-105H,4-6,8,11,13-15,22-24,31-33,38-39,44-61,63-66,68-97H2,1-3H3,(H,109,110)(H,111,112)/b10-7-,12-9-,19-16-,20-17-,21-18-,28-25-,29-26-,30-27-,36-34-,37-35-,42-40-,43-41-,67-62-. The molecular weight excluding hydrogens is 1560 g/mol. The molecule has 0 amide bonds. The molecule has 16 nitrogen and oxygen atoms in total. The molecule has 0 heterocycles. The summed E-state index contributed by atoms with van der Waals surface area (Å²) in [4.78, 5) is 59.1. The van der Waals surface area contributed by atoms with Crippen molar-refractivity contribution < 1.29 is 75.8 Å². The quantitative estimate of drug-likeness (QED) is 0.0146. The Labute approximate surface area is 740 Å². The molecule has 4 N–H and O–H groups in total. The van der Waals surface area contributed by atoms with Gasteiger partial charge in [-0.15, -0.1) is 0 Å². The van der Waals surface area contributed by atoms with Gasteiger partial charge in [0, 0.05) is 19.3 Å². The fourth-order valence-corrected chi connectivity index (χ4v) is 15.0. The van der Waals surface area contributed by atoms with E-state index in [2.05, 4.69) is 179 Å². The molecule has 0 aromatic carbocycles. The molecule has 0 aliphatic heterocycles. The molecule has 696 valence electrons. The Morgan fingerprint density at radius 1 is 0.240 bits per heavy atom. The summed E-state index contributed by atoms with van der Waals surface area (Å²) in [5.41, 5.74) is 0. The van der Waals surface area contributed by atoms with Crippen molar-refractivity contribution in [3.63, 3.8) is 0 Å². The Morgan fingerprint density at radius 2 is 0.438 bits per heavy atom. The molecule has 0 aliphatic rings. The minimum absolute atomic E-state index is 0.0870. The largest absolute Gasteiger partial charge is 0.472 e. The molecule has 0 aromatic rings. The second-order valence-electron chi connectivity index (χ2n) is 32.5. The van der Waals surface area contributed by atoms with Crippen LogP contribution >= 0.6 is 15.6 Å². The van der Waals surface area contributed by atoms with Crippen LogP contribution < -0.4 is 0 Å².